The predicted molar refractivity (Wildman–Crippen MR) is 150 cm³/mol. The molecular formula is C26H28BrN3O6S2. The van der Waals surface area contributed by atoms with E-state index in [1.54, 1.807) is 24.3 Å². The lowest BCUT2D eigenvalue weighted by Gasteiger charge is -2.20. The molecule has 1 amide bonds. The van der Waals surface area contributed by atoms with Gasteiger partial charge in [-0.25, -0.2) is 16.8 Å². The summed E-state index contributed by atoms with van der Waals surface area (Å²) in [4.78, 5) is 13.2. The number of hydrogen-bond acceptors (Lipinski definition) is 6. The third-order valence-electron chi connectivity index (χ3n) is 6.14. The van der Waals surface area contributed by atoms with Crippen LogP contribution in [0.1, 0.15) is 36.0 Å². The SMILES string of the molecule is COc1ccc(S(=O)(=O)N2CCCCCC2)cc1C(=O)Nc1ccc(S(=O)(=O)Nc2ccc(Br)cc2)cc1. The van der Waals surface area contributed by atoms with Crippen LogP contribution in [0.4, 0.5) is 11.4 Å². The minimum absolute atomic E-state index is 0.0153. The summed E-state index contributed by atoms with van der Waals surface area (Å²) >= 11 is 3.31. The Labute approximate surface area is 231 Å². The zero-order valence-electron chi connectivity index (χ0n) is 20.7. The summed E-state index contributed by atoms with van der Waals surface area (Å²) in [5.41, 5.74) is 0.796. The van der Waals surface area contributed by atoms with E-state index >= 15 is 0 Å². The molecule has 0 saturated carbocycles. The molecule has 12 heteroatoms. The van der Waals surface area contributed by atoms with E-state index in [9.17, 15) is 21.6 Å². The van der Waals surface area contributed by atoms with Crippen LogP contribution in [0.3, 0.4) is 0 Å². The summed E-state index contributed by atoms with van der Waals surface area (Å²) in [7, 11) is -6.21. The van der Waals surface area contributed by atoms with Crippen molar-refractivity contribution in [1.29, 1.82) is 0 Å². The van der Waals surface area contributed by atoms with E-state index in [1.165, 1.54) is 53.9 Å². The van der Waals surface area contributed by atoms with E-state index in [2.05, 4.69) is 26.0 Å². The molecule has 3 aromatic rings. The Morgan fingerprint density at radius 1 is 0.816 bits per heavy atom. The number of sulfonamides is 2. The highest BCUT2D eigenvalue weighted by Crippen LogP contribution is 2.27. The predicted octanol–water partition coefficient (Wildman–Crippen LogP) is 5.08. The molecule has 9 nitrogen and oxygen atoms in total. The number of anilines is 2. The Hall–Kier alpha value is -2.93. The first-order valence-corrected chi connectivity index (χ1v) is 15.7. The molecule has 1 fully saturated rings. The van der Waals surface area contributed by atoms with Crippen LogP contribution in [-0.4, -0.2) is 47.2 Å². The normalized spacial score (nSPS) is 14.9. The molecule has 0 unspecified atom stereocenters. The first-order chi connectivity index (χ1) is 18.1. The molecule has 0 atom stereocenters. The molecule has 3 aromatic carbocycles. The van der Waals surface area contributed by atoms with Gasteiger partial charge < -0.3 is 10.1 Å². The van der Waals surface area contributed by atoms with Gasteiger partial charge in [-0.1, -0.05) is 28.8 Å². The van der Waals surface area contributed by atoms with Gasteiger partial charge in [0, 0.05) is 28.9 Å². The van der Waals surface area contributed by atoms with E-state index in [0.717, 1.165) is 30.2 Å². The third-order valence-corrected chi connectivity index (χ3v) is 9.96. The molecule has 2 N–H and O–H groups in total. The Kier molecular flexibility index (Phi) is 8.76. The summed E-state index contributed by atoms with van der Waals surface area (Å²) in [6.45, 7) is 0.893. The van der Waals surface area contributed by atoms with Gasteiger partial charge >= 0.3 is 0 Å². The van der Waals surface area contributed by atoms with Crippen molar-refractivity contribution in [2.45, 2.75) is 35.5 Å². The molecule has 0 radical (unpaired) electrons. The average Bonchev–Trinajstić information content (AvgIpc) is 3.20. The number of nitrogens with zero attached hydrogens (tertiary/aromatic N) is 1. The molecule has 202 valence electrons. The Morgan fingerprint density at radius 2 is 1.39 bits per heavy atom. The monoisotopic (exact) mass is 621 g/mol. The molecule has 4 rings (SSSR count). The van der Waals surface area contributed by atoms with Crippen molar-refractivity contribution in [3.63, 3.8) is 0 Å². The highest BCUT2D eigenvalue weighted by molar-refractivity contribution is 9.10. The Balaban J connectivity index is 1.52. The first-order valence-electron chi connectivity index (χ1n) is 12.0. The number of carbonyl (C=O) groups excluding carboxylic acids is 1. The van der Waals surface area contributed by atoms with Crippen LogP contribution in [0.5, 0.6) is 5.75 Å². The number of amides is 1. The second kappa shape index (κ2) is 11.9. The van der Waals surface area contributed by atoms with E-state index in [1.807, 2.05) is 0 Å². The Morgan fingerprint density at radius 3 is 2.00 bits per heavy atom. The summed E-state index contributed by atoms with van der Waals surface area (Å²) in [6.07, 6.45) is 3.57. The molecule has 1 heterocycles. The maximum atomic E-state index is 13.2. The van der Waals surface area contributed by atoms with Gasteiger partial charge in [-0.15, -0.1) is 0 Å². The van der Waals surface area contributed by atoms with Gasteiger partial charge in [-0.3, -0.25) is 9.52 Å². The fourth-order valence-electron chi connectivity index (χ4n) is 4.10. The van der Waals surface area contributed by atoms with Crippen LogP contribution in [0.2, 0.25) is 0 Å². The molecule has 0 bridgehead atoms. The quantitative estimate of drug-likeness (QED) is 0.362. The smallest absolute Gasteiger partial charge is 0.261 e. The minimum Gasteiger partial charge on any atom is -0.496 e. The van der Waals surface area contributed by atoms with Crippen LogP contribution >= 0.6 is 15.9 Å². The second-order valence-corrected chi connectivity index (χ2v) is 13.3. The minimum atomic E-state index is -3.84. The standard InChI is InChI=1S/C26H28BrN3O6S2/c1-36-25-15-14-23(38(34,35)30-16-4-2-3-5-17-30)18-24(25)26(31)28-20-10-12-22(13-11-20)37(32,33)29-21-8-6-19(27)7-9-21/h6-15,18,29H,2-5,16-17H2,1H3,(H,28,31). The van der Waals surface area contributed by atoms with Gasteiger partial charge in [-0.2, -0.15) is 4.31 Å². The third kappa shape index (κ3) is 6.55. The van der Waals surface area contributed by atoms with Crippen molar-refractivity contribution >= 4 is 53.3 Å². The van der Waals surface area contributed by atoms with Crippen molar-refractivity contribution in [3.8, 4) is 5.75 Å². The number of benzene rings is 3. The molecule has 1 saturated heterocycles. The van der Waals surface area contributed by atoms with Crippen LogP contribution in [0.15, 0.2) is 81.0 Å². The van der Waals surface area contributed by atoms with Crippen LogP contribution in [0, 0.1) is 0 Å². The number of carbonyl (C=O) groups is 1. The second-order valence-electron chi connectivity index (χ2n) is 8.77. The van der Waals surface area contributed by atoms with Crippen molar-refractivity contribution < 1.29 is 26.4 Å². The van der Waals surface area contributed by atoms with Crippen molar-refractivity contribution in [2.24, 2.45) is 0 Å². The van der Waals surface area contributed by atoms with Gasteiger partial charge in [0.1, 0.15) is 5.75 Å². The van der Waals surface area contributed by atoms with Crippen molar-refractivity contribution in [3.05, 3.63) is 76.8 Å². The zero-order chi connectivity index (χ0) is 27.3. The Bertz CT molecular complexity index is 1500. The van der Waals surface area contributed by atoms with Gasteiger partial charge in [-0.05, 0) is 79.6 Å². The lowest BCUT2D eigenvalue weighted by Crippen LogP contribution is -2.32. The number of rotatable bonds is 8. The summed E-state index contributed by atoms with van der Waals surface area (Å²) in [6, 6.07) is 16.6. The van der Waals surface area contributed by atoms with E-state index in [4.69, 9.17) is 4.74 Å². The highest BCUT2D eigenvalue weighted by atomic mass is 79.9. The average molecular weight is 623 g/mol. The topological polar surface area (TPSA) is 122 Å². The molecule has 38 heavy (non-hydrogen) atoms. The molecule has 0 spiro atoms. The van der Waals surface area contributed by atoms with Crippen molar-refractivity contribution in [2.75, 3.05) is 30.2 Å². The number of nitrogens with one attached hydrogen (secondary N) is 2. The fourth-order valence-corrected chi connectivity index (χ4v) is 6.97. The molecular weight excluding hydrogens is 594 g/mol. The summed E-state index contributed by atoms with van der Waals surface area (Å²) in [5.74, 6) is -0.367. The molecule has 0 aromatic heterocycles. The van der Waals surface area contributed by atoms with E-state index in [-0.39, 0.29) is 21.1 Å². The highest BCUT2D eigenvalue weighted by Gasteiger charge is 2.27. The van der Waals surface area contributed by atoms with E-state index in [0.29, 0.717) is 24.5 Å². The van der Waals surface area contributed by atoms with Crippen LogP contribution in [-0.2, 0) is 20.0 Å². The zero-order valence-corrected chi connectivity index (χ0v) is 23.9. The maximum absolute atomic E-state index is 13.2. The summed E-state index contributed by atoms with van der Waals surface area (Å²) in [5, 5.41) is 2.69. The number of halogens is 1. The maximum Gasteiger partial charge on any atom is 0.261 e. The van der Waals surface area contributed by atoms with Crippen molar-refractivity contribution in [1.82, 2.24) is 4.31 Å². The van der Waals surface area contributed by atoms with Gasteiger partial charge in [0.25, 0.3) is 15.9 Å². The molecule has 0 aliphatic carbocycles. The lowest BCUT2D eigenvalue weighted by molar-refractivity contribution is 0.102. The van der Waals surface area contributed by atoms with Gasteiger partial charge in [0.15, 0.2) is 0 Å². The summed E-state index contributed by atoms with van der Waals surface area (Å²) < 4.78 is 62.0. The number of ether oxygens (including phenoxy) is 1. The number of methoxy groups -OCH3 is 1. The number of hydrogen-bond donors (Lipinski definition) is 2. The lowest BCUT2D eigenvalue weighted by atomic mass is 10.2. The largest absolute Gasteiger partial charge is 0.496 e. The van der Waals surface area contributed by atoms with E-state index < -0.39 is 26.0 Å². The molecule has 1 aliphatic rings. The first kappa shape index (κ1) is 28.1. The van der Waals surface area contributed by atoms with Gasteiger partial charge in [0.05, 0.1) is 22.5 Å². The van der Waals surface area contributed by atoms with Gasteiger partial charge in [0.2, 0.25) is 10.0 Å². The molecule has 1 aliphatic heterocycles. The van der Waals surface area contributed by atoms with Crippen LogP contribution < -0.4 is 14.8 Å². The fraction of sp³-hybridized carbons (Fsp3) is 0.269. The van der Waals surface area contributed by atoms with Crippen LogP contribution in [0.25, 0.3) is 0 Å².